The summed E-state index contributed by atoms with van der Waals surface area (Å²) >= 11 is 7.42. The second kappa shape index (κ2) is 9.32. The van der Waals surface area contributed by atoms with E-state index in [1.807, 2.05) is 24.4 Å². The number of rotatable bonds is 7. The zero-order valence-electron chi connectivity index (χ0n) is 16.6. The number of carbonyl (C=O) groups excluding carboxylic acids is 1. The van der Waals surface area contributed by atoms with Crippen LogP contribution in [-0.2, 0) is 13.2 Å². The number of ether oxygens (including phenoxy) is 1. The SMILES string of the molecule is Cc1cc(NC(=O)c2cc(COc3ccccc3Cl)cs2)nn1Cc1ccccc1F. The second-order valence-corrected chi connectivity index (χ2v) is 8.23. The maximum absolute atomic E-state index is 13.9. The van der Waals surface area contributed by atoms with Crippen molar-refractivity contribution < 1.29 is 13.9 Å². The lowest BCUT2D eigenvalue weighted by Gasteiger charge is -2.06. The lowest BCUT2D eigenvalue weighted by atomic mass is 10.2. The maximum atomic E-state index is 13.9. The van der Waals surface area contributed by atoms with Gasteiger partial charge >= 0.3 is 0 Å². The van der Waals surface area contributed by atoms with Crippen LogP contribution in [0.3, 0.4) is 0 Å². The van der Waals surface area contributed by atoms with E-state index < -0.39 is 0 Å². The lowest BCUT2D eigenvalue weighted by molar-refractivity contribution is 0.103. The van der Waals surface area contributed by atoms with Gasteiger partial charge < -0.3 is 10.1 Å². The van der Waals surface area contributed by atoms with Gasteiger partial charge in [-0.25, -0.2) is 4.39 Å². The lowest BCUT2D eigenvalue weighted by Crippen LogP contribution is -2.12. The molecule has 0 saturated carbocycles. The van der Waals surface area contributed by atoms with E-state index in [0.717, 1.165) is 11.3 Å². The molecule has 8 heteroatoms. The van der Waals surface area contributed by atoms with Gasteiger partial charge in [-0.15, -0.1) is 11.3 Å². The van der Waals surface area contributed by atoms with E-state index in [2.05, 4.69) is 10.4 Å². The third-order valence-corrected chi connectivity index (χ3v) is 5.90. The van der Waals surface area contributed by atoms with Crippen molar-refractivity contribution in [2.24, 2.45) is 0 Å². The number of nitrogens with zero attached hydrogens (tertiary/aromatic N) is 2. The van der Waals surface area contributed by atoms with Crippen molar-refractivity contribution in [1.82, 2.24) is 9.78 Å². The number of aromatic nitrogens is 2. The van der Waals surface area contributed by atoms with E-state index in [4.69, 9.17) is 16.3 Å². The molecule has 0 aliphatic heterocycles. The minimum Gasteiger partial charge on any atom is -0.487 e. The van der Waals surface area contributed by atoms with E-state index in [1.54, 1.807) is 47.1 Å². The molecule has 0 spiro atoms. The smallest absolute Gasteiger partial charge is 0.266 e. The van der Waals surface area contributed by atoms with Crippen LogP contribution in [0.4, 0.5) is 10.2 Å². The molecular formula is C23H19ClFN3O2S. The van der Waals surface area contributed by atoms with Crippen LogP contribution >= 0.6 is 22.9 Å². The molecule has 5 nitrogen and oxygen atoms in total. The molecule has 0 bridgehead atoms. The van der Waals surface area contributed by atoms with Gasteiger partial charge in [0.15, 0.2) is 5.82 Å². The van der Waals surface area contributed by atoms with E-state index in [9.17, 15) is 9.18 Å². The Morgan fingerprint density at radius 3 is 2.77 bits per heavy atom. The van der Waals surface area contributed by atoms with Gasteiger partial charge in [0.2, 0.25) is 0 Å². The minimum atomic E-state index is -0.284. The third-order valence-electron chi connectivity index (χ3n) is 4.61. The van der Waals surface area contributed by atoms with E-state index >= 15 is 0 Å². The number of thiophene rings is 1. The Labute approximate surface area is 188 Å². The quantitative estimate of drug-likeness (QED) is 0.376. The van der Waals surface area contributed by atoms with Gasteiger partial charge in [-0.2, -0.15) is 5.10 Å². The number of carbonyl (C=O) groups is 1. The van der Waals surface area contributed by atoms with Crippen molar-refractivity contribution in [1.29, 1.82) is 0 Å². The Kier molecular flexibility index (Phi) is 6.34. The average molecular weight is 456 g/mol. The van der Waals surface area contributed by atoms with Crippen LogP contribution in [0.15, 0.2) is 66.0 Å². The zero-order valence-corrected chi connectivity index (χ0v) is 18.2. The standard InChI is InChI=1S/C23H19ClFN3O2S/c1-15-10-22(27-28(15)12-17-6-2-4-8-19(17)25)26-23(29)21-11-16(14-31-21)13-30-20-9-5-3-7-18(20)24/h2-11,14H,12-13H2,1H3,(H,26,27,29). The van der Waals surface area contributed by atoms with Gasteiger partial charge in [-0.05, 0) is 36.6 Å². The summed E-state index contributed by atoms with van der Waals surface area (Å²) < 4.78 is 21.3. The van der Waals surface area contributed by atoms with Gasteiger partial charge in [-0.3, -0.25) is 9.48 Å². The summed E-state index contributed by atoms with van der Waals surface area (Å²) in [5.74, 6) is 0.469. The van der Waals surface area contributed by atoms with E-state index in [-0.39, 0.29) is 18.3 Å². The Balaban J connectivity index is 1.39. The monoisotopic (exact) mass is 455 g/mol. The number of hydrogen-bond acceptors (Lipinski definition) is 4. The van der Waals surface area contributed by atoms with E-state index in [0.29, 0.717) is 33.6 Å². The Morgan fingerprint density at radius 2 is 1.97 bits per heavy atom. The summed E-state index contributed by atoms with van der Waals surface area (Å²) in [5, 5.41) is 9.60. The van der Waals surface area contributed by atoms with Crippen LogP contribution in [0.5, 0.6) is 5.75 Å². The molecule has 1 N–H and O–H groups in total. The summed E-state index contributed by atoms with van der Waals surface area (Å²) in [6.07, 6.45) is 0. The molecule has 0 saturated heterocycles. The molecule has 0 aliphatic carbocycles. The molecule has 2 heterocycles. The van der Waals surface area contributed by atoms with Crippen molar-refractivity contribution >= 4 is 34.7 Å². The number of anilines is 1. The Hall–Kier alpha value is -3.16. The number of amides is 1. The molecule has 158 valence electrons. The second-order valence-electron chi connectivity index (χ2n) is 6.91. The fraction of sp³-hybridized carbons (Fsp3) is 0.130. The highest BCUT2D eigenvalue weighted by Crippen LogP contribution is 2.25. The summed E-state index contributed by atoms with van der Waals surface area (Å²) in [4.78, 5) is 13.2. The molecule has 0 fully saturated rings. The topological polar surface area (TPSA) is 56.1 Å². The van der Waals surface area contributed by atoms with Crippen LogP contribution in [0, 0.1) is 12.7 Å². The predicted octanol–water partition coefficient (Wildman–Crippen LogP) is 5.93. The van der Waals surface area contributed by atoms with Crippen molar-refractivity contribution in [2.75, 3.05) is 5.32 Å². The molecule has 0 atom stereocenters. The van der Waals surface area contributed by atoms with Crippen molar-refractivity contribution in [3.8, 4) is 5.75 Å². The van der Waals surface area contributed by atoms with Crippen LogP contribution in [0.1, 0.15) is 26.5 Å². The first-order valence-electron chi connectivity index (χ1n) is 9.53. The normalized spacial score (nSPS) is 10.8. The summed E-state index contributed by atoms with van der Waals surface area (Å²) in [6, 6.07) is 17.3. The molecule has 2 aromatic heterocycles. The maximum Gasteiger partial charge on any atom is 0.266 e. The van der Waals surface area contributed by atoms with Gasteiger partial charge in [0.1, 0.15) is 18.2 Å². The summed E-state index contributed by atoms with van der Waals surface area (Å²) in [5.41, 5.74) is 2.22. The first kappa shape index (κ1) is 21.1. The van der Waals surface area contributed by atoms with E-state index in [1.165, 1.54) is 17.4 Å². The highest BCUT2D eigenvalue weighted by Gasteiger charge is 2.14. The number of hydrogen-bond donors (Lipinski definition) is 1. The van der Waals surface area contributed by atoms with Gasteiger partial charge in [0.05, 0.1) is 16.4 Å². The number of benzene rings is 2. The zero-order chi connectivity index (χ0) is 21.8. The van der Waals surface area contributed by atoms with Crippen LogP contribution < -0.4 is 10.1 Å². The number of para-hydroxylation sites is 1. The van der Waals surface area contributed by atoms with Crippen molar-refractivity contribution in [3.05, 3.63) is 98.6 Å². The average Bonchev–Trinajstić information content (AvgIpc) is 3.36. The van der Waals surface area contributed by atoms with Gasteiger partial charge in [-0.1, -0.05) is 41.9 Å². The number of aryl methyl sites for hydroxylation is 1. The van der Waals surface area contributed by atoms with Gasteiger partial charge in [0.25, 0.3) is 5.91 Å². The first-order valence-corrected chi connectivity index (χ1v) is 10.8. The highest BCUT2D eigenvalue weighted by molar-refractivity contribution is 7.12. The largest absolute Gasteiger partial charge is 0.487 e. The van der Waals surface area contributed by atoms with Gasteiger partial charge in [0, 0.05) is 22.9 Å². The third kappa shape index (κ3) is 5.13. The van der Waals surface area contributed by atoms with Crippen LogP contribution in [0.2, 0.25) is 5.02 Å². The molecule has 2 aromatic carbocycles. The molecule has 4 rings (SSSR count). The van der Waals surface area contributed by atoms with Crippen molar-refractivity contribution in [2.45, 2.75) is 20.1 Å². The molecule has 1 amide bonds. The fourth-order valence-electron chi connectivity index (χ4n) is 2.99. The fourth-order valence-corrected chi connectivity index (χ4v) is 3.97. The molecule has 0 aliphatic rings. The molecule has 31 heavy (non-hydrogen) atoms. The number of halogens is 2. The summed E-state index contributed by atoms with van der Waals surface area (Å²) in [7, 11) is 0. The summed E-state index contributed by atoms with van der Waals surface area (Å²) in [6.45, 7) is 2.46. The molecular weight excluding hydrogens is 437 g/mol. The predicted molar refractivity (Wildman–Crippen MR) is 121 cm³/mol. The number of nitrogens with one attached hydrogen (secondary N) is 1. The molecule has 0 unspecified atom stereocenters. The Bertz CT molecular complexity index is 1220. The molecule has 0 radical (unpaired) electrons. The molecule has 4 aromatic rings. The first-order chi connectivity index (χ1) is 15.0. The van der Waals surface area contributed by atoms with Crippen molar-refractivity contribution in [3.63, 3.8) is 0 Å². The Morgan fingerprint density at radius 1 is 1.19 bits per heavy atom. The van der Waals surface area contributed by atoms with Crippen LogP contribution in [0.25, 0.3) is 0 Å². The highest BCUT2D eigenvalue weighted by atomic mass is 35.5. The minimum absolute atomic E-state index is 0.260. The van der Waals surface area contributed by atoms with Crippen LogP contribution in [-0.4, -0.2) is 15.7 Å².